The Bertz CT molecular complexity index is 1280. The van der Waals surface area contributed by atoms with Crippen molar-refractivity contribution in [1.29, 1.82) is 0 Å². The second-order valence-electron chi connectivity index (χ2n) is 7.56. The van der Waals surface area contributed by atoms with Gasteiger partial charge in [0.1, 0.15) is 5.82 Å². The van der Waals surface area contributed by atoms with Gasteiger partial charge in [0.2, 0.25) is 5.91 Å². The molecule has 0 spiro atoms. The first kappa shape index (κ1) is 22.9. The average Bonchev–Trinajstić information content (AvgIpc) is 3.24. The molecule has 0 aliphatic rings. The Balaban J connectivity index is 1.65. The Labute approximate surface area is 200 Å². The zero-order valence-electron chi connectivity index (χ0n) is 18.0. The number of pyridine rings is 1. The van der Waals surface area contributed by atoms with Crippen molar-refractivity contribution in [2.45, 2.75) is 24.9 Å². The van der Waals surface area contributed by atoms with E-state index in [1.54, 1.807) is 12.4 Å². The molecule has 4 rings (SSSR count). The highest BCUT2D eigenvalue weighted by Crippen LogP contribution is 2.32. The monoisotopic (exact) mass is 481 g/mol. The summed E-state index contributed by atoms with van der Waals surface area (Å²) in [5.74, 6) is 0.228. The maximum Gasteiger partial charge on any atom is 0.234 e. The molecule has 0 fully saturated rings. The third-order valence-electron chi connectivity index (χ3n) is 4.89. The third kappa shape index (κ3) is 5.23. The molecule has 0 bridgehead atoms. The van der Waals surface area contributed by atoms with Gasteiger partial charge in [-0.05, 0) is 47.9 Å². The molecule has 0 aliphatic carbocycles. The summed E-state index contributed by atoms with van der Waals surface area (Å²) >= 11 is 7.27. The number of thioether (sulfide) groups is 1. The SMILES string of the molecule is CC(C)c1ccccc1-n1c(SCC(=O)Nc2ccc(F)cc2Cl)nnc1-c1cccnc1. The summed E-state index contributed by atoms with van der Waals surface area (Å²) in [6.45, 7) is 4.25. The summed E-state index contributed by atoms with van der Waals surface area (Å²) in [5, 5.41) is 12.2. The molecular formula is C24H21ClFN5OS. The van der Waals surface area contributed by atoms with Crippen molar-refractivity contribution in [2.75, 3.05) is 11.1 Å². The Kier molecular flexibility index (Phi) is 7.05. The molecule has 0 atom stereocenters. The number of rotatable bonds is 7. The summed E-state index contributed by atoms with van der Waals surface area (Å²) in [4.78, 5) is 16.8. The fraction of sp³-hybridized carbons (Fsp3) is 0.167. The van der Waals surface area contributed by atoms with Gasteiger partial charge in [0.05, 0.1) is 22.2 Å². The molecule has 4 aromatic rings. The van der Waals surface area contributed by atoms with Crippen LogP contribution < -0.4 is 5.32 Å². The van der Waals surface area contributed by atoms with E-state index in [1.165, 1.54) is 23.9 Å². The van der Waals surface area contributed by atoms with Crippen LogP contribution in [0.25, 0.3) is 17.1 Å². The van der Waals surface area contributed by atoms with E-state index in [2.05, 4.69) is 40.4 Å². The predicted molar refractivity (Wildman–Crippen MR) is 129 cm³/mol. The topological polar surface area (TPSA) is 72.7 Å². The van der Waals surface area contributed by atoms with Gasteiger partial charge in [-0.15, -0.1) is 10.2 Å². The molecule has 2 aromatic carbocycles. The predicted octanol–water partition coefficient (Wildman–Crippen LogP) is 5.98. The van der Waals surface area contributed by atoms with Crippen LogP contribution in [0.15, 0.2) is 72.1 Å². The number of carbonyl (C=O) groups excluding carboxylic acids is 1. The summed E-state index contributed by atoms with van der Waals surface area (Å²) in [6.07, 6.45) is 3.43. The number of nitrogens with one attached hydrogen (secondary N) is 1. The van der Waals surface area contributed by atoms with E-state index in [1.807, 2.05) is 34.9 Å². The largest absolute Gasteiger partial charge is 0.324 e. The molecule has 1 amide bonds. The molecule has 2 heterocycles. The number of halogens is 2. The highest BCUT2D eigenvalue weighted by molar-refractivity contribution is 7.99. The molecule has 6 nitrogen and oxygen atoms in total. The summed E-state index contributed by atoms with van der Waals surface area (Å²) < 4.78 is 15.2. The lowest BCUT2D eigenvalue weighted by molar-refractivity contribution is -0.113. The number of carbonyl (C=O) groups is 1. The minimum atomic E-state index is -0.466. The maximum absolute atomic E-state index is 13.3. The number of para-hydroxylation sites is 1. The van der Waals surface area contributed by atoms with Crippen molar-refractivity contribution in [1.82, 2.24) is 19.7 Å². The average molecular weight is 482 g/mol. The Morgan fingerprint density at radius 2 is 1.97 bits per heavy atom. The molecule has 0 saturated carbocycles. The number of aromatic nitrogens is 4. The molecule has 0 radical (unpaired) electrons. The lowest BCUT2D eigenvalue weighted by Gasteiger charge is -2.16. The third-order valence-corrected chi connectivity index (χ3v) is 6.13. The zero-order valence-corrected chi connectivity index (χ0v) is 19.6. The summed E-state index contributed by atoms with van der Waals surface area (Å²) in [7, 11) is 0. The Morgan fingerprint density at radius 1 is 1.15 bits per heavy atom. The van der Waals surface area contributed by atoms with Gasteiger partial charge < -0.3 is 5.32 Å². The fourth-order valence-electron chi connectivity index (χ4n) is 3.35. The lowest BCUT2D eigenvalue weighted by Crippen LogP contribution is -2.15. The Morgan fingerprint density at radius 3 is 2.70 bits per heavy atom. The van der Waals surface area contributed by atoms with Crippen LogP contribution in [0.5, 0.6) is 0 Å². The van der Waals surface area contributed by atoms with Crippen molar-refractivity contribution in [3.63, 3.8) is 0 Å². The van der Waals surface area contributed by atoms with Crippen molar-refractivity contribution in [2.24, 2.45) is 0 Å². The fourth-order valence-corrected chi connectivity index (χ4v) is 4.31. The van der Waals surface area contributed by atoms with Gasteiger partial charge in [-0.1, -0.05) is 55.4 Å². The van der Waals surface area contributed by atoms with Crippen LogP contribution in [0.4, 0.5) is 10.1 Å². The normalized spacial score (nSPS) is 11.1. The van der Waals surface area contributed by atoms with E-state index in [9.17, 15) is 9.18 Å². The first-order valence-corrected chi connectivity index (χ1v) is 11.6. The van der Waals surface area contributed by atoms with Crippen LogP contribution in [0.3, 0.4) is 0 Å². The van der Waals surface area contributed by atoms with E-state index in [0.29, 0.717) is 16.7 Å². The van der Waals surface area contributed by atoms with Gasteiger partial charge in [-0.2, -0.15) is 0 Å². The number of hydrogen-bond donors (Lipinski definition) is 1. The van der Waals surface area contributed by atoms with E-state index < -0.39 is 5.82 Å². The zero-order chi connectivity index (χ0) is 23.4. The van der Waals surface area contributed by atoms with E-state index >= 15 is 0 Å². The van der Waals surface area contributed by atoms with E-state index in [-0.39, 0.29) is 22.6 Å². The van der Waals surface area contributed by atoms with E-state index in [0.717, 1.165) is 22.9 Å². The van der Waals surface area contributed by atoms with Gasteiger partial charge in [-0.3, -0.25) is 14.3 Å². The van der Waals surface area contributed by atoms with Crippen LogP contribution in [0.1, 0.15) is 25.3 Å². The van der Waals surface area contributed by atoms with Crippen LogP contribution in [-0.2, 0) is 4.79 Å². The Hall–Kier alpha value is -3.23. The minimum absolute atomic E-state index is 0.0721. The number of nitrogens with zero attached hydrogens (tertiary/aromatic N) is 4. The smallest absolute Gasteiger partial charge is 0.234 e. The quantitative estimate of drug-likeness (QED) is 0.329. The van der Waals surface area contributed by atoms with Crippen molar-refractivity contribution >= 4 is 35.0 Å². The van der Waals surface area contributed by atoms with Crippen molar-refractivity contribution in [3.8, 4) is 17.1 Å². The minimum Gasteiger partial charge on any atom is -0.324 e. The number of amides is 1. The first-order chi connectivity index (χ1) is 15.9. The van der Waals surface area contributed by atoms with Gasteiger partial charge in [0, 0.05) is 18.0 Å². The van der Waals surface area contributed by atoms with Gasteiger partial charge in [0.25, 0.3) is 0 Å². The van der Waals surface area contributed by atoms with Gasteiger partial charge in [-0.25, -0.2) is 4.39 Å². The molecule has 0 unspecified atom stereocenters. The molecule has 168 valence electrons. The summed E-state index contributed by atoms with van der Waals surface area (Å²) in [6, 6.07) is 15.6. The second-order valence-corrected chi connectivity index (χ2v) is 8.91. The standard InChI is InChI=1S/C24H21ClFN5OS/c1-15(2)18-7-3-4-8-21(18)31-23(16-6-5-11-27-13-16)29-30-24(31)33-14-22(32)28-20-10-9-17(26)12-19(20)25/h3-13,15H,14H2,1-2H3,(H,28,32). The molecule has 0 saturated heterocycles. The molecular weight excluding hydrogens is 461 g/mol. The first-order valence-electron chi connectivity index (χ1n) is 10.3. The van der Waals surface area contributed by atoms with Crippen LogP contribution in [0.2, 0.25) is 5.02 Å². The maximum atomic E-state index is 13.3. The molecule has 1 N–H and O–H groups in total. The summed E-state index contributed by atoms with van der Waals surface area (Å²) in [5.41, 5.74) is 3.25. The number of benzene rings is 2. The lowest BCUT2D eigenvalue weighted by atomic mass is 10.0. The highest BCUT2D eigenvalue weighted by Gasteiger charge is 2.20. The van der Waals surface area contributed by atoms with Crippen LogP contribution in [0, 0.1) is 5.82 Å². The van der Waals surface area contributed by atoms with Crippen molar-refractivity contribution in [3.05, 3.63) is 83.4 Å². The molecule has 9 heteroatoms. The highest BCUT2D eigenvalue weighted by atomic mass is 35.5. The number of hydrogen-bond acceptors (Lipinski definition) is 5. The molecule has 33 heavy (non-hydrogen) atoms. The molecule has 0 aliphatic heterocycles. The van der Waals surface area contributed by atoms with Crippen LogP contribution >= 0.6 is 23.4 Å². The van der Waals surface area contributed by atoms with Crippen molar-refractivity contribution < 1.29 is 9.18 Å². The molecule has 2 aromatic heterocycles. The number of anilines is 1. The van der Waals surface area contributed by atoms with E-state index in [4.69, 9.17) is 11.6 Å². The van der Waals surface area contributed by atoms with Crippen LogP contribution in [-0.4, -0.2) is 31.4 Å². The van der Waals surface area contributed by atoms with Gasteiger partial charge in [0.15, 0.2) is 11.0 Å². The second kappa shape index (κ2) is 10.1. The van der Waals surface area contributed by atoms with Gasteiger partial charge >= 0.3 is 0 Å².